The van der Waals surface area contributed by atoms with Crippen molar-refractivity contribution in [2.45, 2.75) is 19.4 Å². The van der Waals surface area contributed by atoms with Crippen LogP contribution in [0.1, 0.15) is 28.2 Å². The molecular weight excluding hydrogens is 377 g/mol. The smallest absolute Gasteiger partial charge is 0.410 e. The van der Waals surface area contributed by atoms with Crippen LogP contribution in [0.4, 0.5) is 9.18 Å². The molecule has 4 rings (SSSR count). The molecule has 0 saturated carbocycles. The van der Waals surface area contributed by atoms with Crippen molar-refractivity contribution < 1.29 is 13.9 Å². The van der Waals surface area contributed by atoms with Gasteiger partial charge in [-0.2, -0.15) is 0 Å². The second kappa shape index (κ2) is 8.54. The van der Waals surface area contributed by atoms with E-state index in [9.17, 15) is 9.18 Å². The molecule has 0 heterocycles. The largest absolute Gasteiger partial charge is 0.448 e. The van der Waals surface area contributed by atoms with E-state index in [0.29, 0.717) is 12.1 Å². The van der Waals surface area contributed by atoms with Gasteiger partial charge in [0.25, 0.3) is 0 Å². The molecule has 3 nitrogen and oxygen atoms in total. The number of rotatable bonds is 6. The van der Waals surface area contributed by atoms with Gasteiger partial charge in [-0.3, -0.25) is 0 Å². The van der Waals surface area contributed by atoms with Gasteiger partial charge in [-0.15, -0.1) is 6.58 Å². The highest BCUT2D eigenvalue weighted by Crippen LogP contribution is 2.44. The number of benzene rings is 3. The number of hydrogen-bond donors (Lipinski definition) is 0. The van der Waals surface area contributed by atoms with E-state index in [1.807, 2.05) is 30.3 Å². The summed E-state index contributed by atoms with van der Waals surface area (Å²) < 4.78 is 19.6. The Labute approximate surface area is 176 Å². The number of hydrogen-bond acceptors (Lipinski definition) is 2. The fraction of sp³-hybridized carbons (Fsp3) is 0.192. The third kappa shape index (κ3) is 3.73. The molecule has 0 N–H and O–H groups in total. The summed E-state index contributed by atoms with van der Waals surface area (Å²) in [5.74, 6) is -0.276. The molecule has 3 aromatic rings. The van der Waals surface area contributed by atoms with Gasteiger partial charge in [0.2, 0.25) is 0 Å². The summed E-state index contributed by atoms with van der Waals surface area (Å²) in [5.41, 5.74) is 6.01. The number of carbonyl (C=O) groups is 1. The minimum absolute atomic E-state index is 0.00263. The van der Waals surface area contributed by atoms with E-state index in [0.717, 1.165) is 5.56 Å². The molecule has 0 atom stereocenters. The molecule has 0 aromatic heterocycles. The van der Waals surface area contributed by atoms with Crippen molar-refractivity contribution >= 4 is 6.09 Å². The summed E-state index contributed by atoms with van der Waals surface area (Å²) in [6, 6.07) is 21.4. The van der Waals surface area contributed by atoms with E-state index >= 15 is 0 Å². The molecule has 0 unspecified atom stereocenters. The molecule has 0 fully saturated rings. The molecule has 1 amide bonds. The minimum atomic E-state index is -0.430. The maximum atomic E-state index is 13.9. The van der Waals surface area contributed by atoms with Gasteiger partial charge in [0.1, 0.15) is 12.4 Å². The molecule has 152 valence electrons. The Morgan fingerprint density at radius 2 is 1.67 bits per heavy atom. The molecule has 0 saturated heterocycles. The second-order valence-corrected chi connectivity index (χ2v) is 7.50. The molecule has 4 heteroatoms. The van der Waals surface area contributed by atoms with Crippen LogP contribution in [0.25, 0.3) is 11.1 Å². The summed E-state index contributed by atoms with van der Waals surface area (Å²) in [6.45, 7) is 6.30. The minimum Gasteiger partial charge on any atom is -0.448 e. The summed E-state index contributed by atoms with van der Waals surface area (Å²) in [5, 5.41) is 0. The second-order valence-electron chi connectivity index (χ2n) is 7.50. The van der Waals surface area contributed by atoms with Crippen LogP contribution >= 0.6 is 0 Å². The maximum absolute atomic E-state index is 13.9. The van der Waals surface area contributed by atoms with Crippen LogP contribution in [0.3, 0.4) is 0 Å². The third-order valence-corrected chi connectivity index (χ3v) is 5.68. The number of fused-ring (bicyclic) bond motifs is 3. The van der Waals surface area contributed by atoms with Crippen molar-refractivity contribution in [2.75, 3.05) is 13.2 Å². The Kier molecular flexibility index (Phi) is 5.66. The zero-order valence-electron chi connectivity index (χ0n) is 17.0. The van der Waals surface area contributed by atoms with Gasteiger partial charge in [-0.25, -0.2) is 9.18 Å². The van der Waals surface area contributed by atoms with E-state index < -0.39 is 6.09 Å². The van der Waals surface area contributed by atoms with Crippen molar-refractivity contribution in [3.05, 3.63) is 107 Å². The molecule has 0 aliphatic heterocycles. The van der Waals surface area contributed by atoms with Crippen molar-refractivity contribution in [3.63, 3.8) is 0 Å². The lowest BCUT2D eigenvalue weighted by molar-refractivity contribution is 0.101. The highest BCUT2D eigenvalue weighted by molar-refractivity contribution is 5.79. The first-order valence-corrected chi connectivity index (χ1v) is 10.0. The van der Waals surface area contributed by atoms with Crippen LogP contribution in [-0.2, 0) is 11.3 Å². The fourth-order valence-electron chi connectivity index (χ4n) is 4.07. The molecule has 1 aliphatic rings. The van der Waals surface area contributed by atoms with E-state index in [-0.39, 0.29) is 24.9 Å². The van der Waals surface area contributed by atoms with Crippen LogP contribution in [0, 0.1) is 12.7 Å². The molecular formula is C26H24FNO2. The van der Waals surface area contributed by atoms with Crippen LogP contribution in [0.5, 0.6) is 0 Å². The summed E-state index contributed by atoms with van der Waals surface area (Å²) in [7, 11) is 0. The quantitative estimate of drug-likeness (QED) is 0.469. The topological polar surface area (TPSA) is 29.5 Å². The van der Waals surface area contributed by atoms with Gasteiger partial charge in [0.05, 0.1) is 0 Å². The van der Waals surface area contributed by atoms with Crippen molar-refractivity contribution in [2.24, 2.45) is 0 Å². The average Bonchev–Trinajstić information content (AvgIpc) is 3.08. The zero-order chi connectivity index (χ0) is 21.1. The molecule has 1 aliphatic carbocycles. The first kappa shape index (κ1) is 19.9. The first-order valence-electron chi connectivity index (χ1n) is 10.0. The van der Waals surface area contributed by atoms with Crippen LogP contribution < -0.4 is 0 Å². The van der Waals surface area contributed by atoms with Crippen molar-refractivity contribution in [3.8, 4) is 11.1 Å². The van der Waals surface area contributed by atoms with Crippen LogP contribution in [0.15, 0.2) is 79.4 Å². The van der Waals surface area contributed by atoms with Gasteiger partial charge in [0, 0.05) is 19.0 Å². The SMILES string of the molecule is C=CCN(Cc1cccc(F)c1C)C(=O)OCC1c2ccccc2-c2ccccc21. The predicted molar refractivity (Wildman–Crippen MR) is 117 cm³/mol. The van der Waals surface area contributed by atoms with E-state index in [2.05, 4.69) is 30.8 Å². The fourth-order valence-corrected chi connectivity index (χ4v) is 4.07. The van der Waals surface area contributed by atoms with Crippen molar-refractivity contribution in [1.29, 1.82) is 0 Å². The van der Waals surface area contributed by atoms with Crippen molar-refractivity contribution in [1.82, 2.24) is 4.90 Å². The molecule has 0 radical (unpaired) electrons. The Balaban J connectivity index is 1.51. The number of amides is 1. The molecule has 3 aromatic carbocycles. The maximum Gasteiger partial charge on any atom is 0.410 e. The number of carbonyl (C=O) groups excluding carboxylic acids is 1. The average molecular weight is 401 g/mol. The number of halogens is 1. The standard InChI is InChI=1S/C26H24FNO2/c1-3-15-28(16-19-9-8-14-25(27)18(19)2)26(29)30-17-24-22-12-6-4-10-20(22)21-11-5-7-13-23(21)24/h3-14,24H,1,15-17H2,2H3. The van der Waals surface area contributed by atoms with E-state index in [1.165, 1.54) is 28.3 Å². The Morgan fingerprint density at radius 1 is 1.03 bits per heavy atom. The number of ether oxygens (including phenoxy) is 1. The van der Waals surface area contributed by atoms with Gasteiger partial charge < -0.3 is 9.64 Å². The van der Waals surface area contributed by atoms with Crippen LogP contribution in [-0.4, -0.2) is 24.1 Å². The molecule has 0 bridgehead atoms. The van der Waals surface area contributed by atoms with Gasteiger partial charge in [-0.05, 0) is 46.4 Å². The van der Waals surface area contributed by atoms with E-state index in [1.54, 1.807) is 24.0 Å². The Morgan fingerprint density at radius 3 is 2.30 bits per heavy atom. The molecule has 0 spiro atoms. The lowest BCUT2D eigenvalue weighted by Gasteiger charge is -2.23. The summed E-state index contributed by atoms with van der Waals surface area (Å²) >= 11 is 0. The van der Waals surface area contributed by atoms with E-state index in [4.69, 9.17) is 4.74 Å². The zero-order valence-corrected chi connectivity index (χ0v) is 17.0. The highest BCUT2D eigenvalue weighted by Gasteiger charge is 2.29. The monoisotopic (exact) mass is 401 g/mol. The summed E-state index contributed by atoms with van der Waals surface area (Å²) in [4.78, 5) is 14.4. The first-order chi connectivity index (χ1) is 14.6. The normalized spacial score (nSPS) is 12.2. The van der Waals surface area contributed by atoms with Gasteiger partial charge in [-0.1, -0.05) is 66.7 Å². The lowest BCUT2D eigenvalue weighted by atomic mass is 9.98. The summed E-state index contributed by atoms with van der Waals surface area (Å²) in [6.07, 6.45) is 1.22. The highest BCUT2D eigenvalue weighted by atomic mass is 19.1. The van der Waals surface area contributed by atoms with Gasteiger partial charge >= 0.3 is 6.09 Å². The Hall–Kier alpha value is -3.40. The van der Waals surface area contributed by atoms with Gasteiger partial charge in [0.15, 0.2) is 0 Å². The Bertz CT molecular complexity index is 1050. The molecule has 30 heavy (non-hydrogen) atoms. The third-order valence-electron chi connectivity index (χ3n) is 5.68. The lowest BCUT2D eigenvalue weighted by Crippen LogP contribution is -2.32. The number of nitrogens with zero attached hydrogens (tertiary/aromatic N) is 1. The predicted octanol–water partition coefficient (Wildman–Crippen LogP) is 6.07. The van der Waals surface area contributed by atoms with Crippen LogP contribution in [0.2, 0.25) is 0 Å².